The van der Waals surface area contributed by atoms with Crippen LogP contribution in [0.25, 0.3) is 0 Å². The van der Waals surface area contributed by atoms with Gasteiger partial charge in [0.05, 0.1) is 25.0 Å². The molecule has 2 N–H and O–H groups in total. The topological polar surface area (TPSA) is 61.5 Å². The predicted octanol–water partition coefficient (Wildman–Crippen LogP) is 2.62. The molecule has 1 aliphatic carbocycles. The minimum atomic E-state index is -0.305. The van der Waals surface area contributed by atoms with Crippen molar-refractivity contribution in [2.24, 2.45) is 5.92 Å². The highest BCUT2D eigenvalue weighted by Crippen LogP contribution is 2.26. The lowest BCUT2D eigenvalue weighted by Crippen LogP contribution is -2.12. The SMILES string of the molecule is COc1cc(C(=O)OCC2CCCC2)ccc1N. The standard InChI is InChI=1S/C14H19NO3/c1-17-13-8-11(6-7-12(13)15)14(16)18-9-10-4-2-3-5-10/h6-8,10H,2-5,9,15H2,1H3. The molecule has 0 radical (unpaired) electrons. The molecule has 0 heterocycles. The number of carbonyl (C=O) groups is 1. The summed E-state index contributed by atoms with van der Waals surface area (Å²) in [6, 6.07) is 4.94. The van der Waals surface area contributed by atoms with Crippen LogP contribution in [0.15, 0.2) is 18.2 Å². The number of hydrogen-bond acceptors (Lipinski definition) is 4. The van der Waals surface area contributed by atoms with Gasteiger partial charge in [-0.15, -0.1) is 0 Å². The van der Waals surface area contributed by atoms with E-state index >= 15 is 0 Å². The highest BCUT2D eigenvalue weighted by atomic mass is 16.5. The molecule has 18 heavy (non-hydrogen) atoms. The molecular weight excluding hydrogens is 230 g/mol. The first-order chi connectivity index (χ1) is 8.70. The van der Waals surface area contributed by atoms with Gasteiger partial charge in [-0.3, -0.25) is 0 Å². The molecule has 1 fully saturated rings. The zero-order chi connectivity index (χ0) is 13.0. The summed E-state index contributed by atoms with van der Waals surface area (Å²) in [5, 5.41) is 0. The fourth-order valence-corrected chi connectivity index (χ4v) is 2.29. The normalized spacial score (nSPS) is 15.6. The molecular formula is C14H19NO3. The zero-order valence-electron chi connectivity index (χ0n) is 10.6. The van der Waals surface area contributed by atoms with Gasteiger partial charge in [-0.25, -0.2) is 4.79 Å². The van der Waals surface area contributed by atoms with E-state index in [1.54, 1.807) is 18.2 Å². The lowest BCUT2D eigenvalue weighted by molar-refractivity contribution is 0.0442. The van der Waals surface area contributed by atoms with Crippen molar-refractivity contribution < 1.29 is 14.3 Å². The summed E-state index contributed by atoms with van der Waals surface area (Å²) in [5.41, 5.74) is 6.70. The maximum Gasteiger partial charge on any atom is 0.338 e. The first-order valence-electron chi connectivity index (χ1n) is 6.31. The van der Waals surface area contributed by atoms with Crippen LogP contribution < -0.4 is 10.5 Å². The van der Waals surface area contributed by atoms with Crippen molar-refractivity contribution in [2.45, 2.75) is 25.7 Å². The summed E-state index contributed by atoms with van der Waals surface area (Å²) in [5.74, 6) is 0.732. The van der Waals surface area contributed by atoms with Crippen LogP contribution in [-0.4, -0.2) is 19.7 Å². The van der Waals surface area contributed by atoms with Crippen molar-refractivity contribution in [3.05, 3.63) is 23.8 Å². The van der Waals surface area contributed by atoms with Gasteiger partial charge in [-0.05, 0) is 37.0 Å². The maximum absolute atomic E-state index is 11.9. The Labute approximate surface area is 107 Å². The minimum Gasteiger partial charge on any atom is -0.495 e. The Balaban J connectivity index is 1.95. The number of nitrogens with two attached hydrogens (primary N) is 1. The van der Waals surface area contributed by atoms with Gasteiger partial charge in [0, 0.05) is 0 Å². The number of hydrogen-bond donors (Lipinski definition) is 1. The quantitative estimate of drug-likeness (QED) is 0.658. The molecule has 1 saturated carbocycles. The van der Waals surface area contributed by atoms with Crippen LogP contribution >= 0.6 is 0 Å². The number of nitrogen functional groups attached to an aromatic ring is 1. The summed E-state index contributed by atoms with van der Waals surface area (Å²) >= 11 is 0. The van der Waals surface area contributed by atoms with E-state index in [1.165, 1.54) is 32.8 Å². The molecule has 0 amide bonds. The Hall–Kier alpha value is -1.71. The first kappa shape index (κ1) is 12.7. The van der Waals surface area contributed by atoms with Gasteiger partial charge in [0.2, 0.25) is 0 Å². The zero-order valence-corrected chi connectivity index (χ0v) is 10.6. The molecule has 0 atom stereocenters. The van der Waals surface area contributed by atoms with Crippen molar-refractivity contribution >= 4 is 11.7 Å². The Bertz CT molecular complexity index is 425. The van der Waals surface area contributed by atoms with Gasteiger partial charge >= 0.3 is 5.97 Å². The van der Waals surface area contributed by atoms with Crippen molar-refractivity contribution in [1.82, 2.24) is 0 Å². The van der Waals surface area contributed by atoms with Gasteiger partial charge in [0.25, 0.3) is 0 Å². The van der Waals surface area contributed by atoms with E-state index in [-0.39, 0.29) is 5.97 Å². The summed E-state index contributed by atoms with van der Waals surface area (Å²) in [7, 11) is 1.53. The van der Waals surface area contributed by atoms with Crippen LogP contribution in [0.3, 0.4) is 0 Å². The van der Waals surface area contributed by atoms with E-state index < -0.39 is 0 Å². The van der Waals surface area contributed by atoms with E-state index in [0.717, 1.165) is 0 Å². The fourth-order valence-electron chi connectivity index (χ4n) is 2.29. The summed E-state index contributed by atoms with van der Waals surface area (Å²) < 4.78 is 10.4. The largest absolute Gasteiger partial charge is 0.495 e. The van der Waals surface area contributed by atoms with Gasteiger partial charge in [0.15, 0.2) is 0 Å². The third-order valence-corrected chi connectivity index (χ3v) is 3.39. The van der Waals surface area contributed by atoms with E-state index in [0.29, 0.717) is 29.5 Å². The Morgan fingerprint density at radius 2 is 2.11 bits per heavy atom. The maximum atomic E-state index is 11.9. The summed E-state index contributed by atoms with van der Waals surface area (Å²) in [6.07, 6.45) is 4.83. The third-order valence-electron chi connectivity index (χ3n) is 3.39. The Morgan fingerprint density at radius 3 is 2.78 bits per heavy atom. The highest BCUT2D eigenvalue weighted by molar-refractivity contribution is 5.90. The van der Waals surface area contributed by atoms with Crippen molar-refractivity contribution in [2.75, 3.05) is 19.5 Å². The van der Waals surface area contributed by atoms with E-state index in [1.807, 2.05) is 0 Å². The van der Waals surface area contributed by atoms with Crippen molar-refractivity contribution in [3.8, 4) is 5.75 Å². The molecule has 4 heteroatoms. The van der Waals surface area contributed by atoms with Crippen LogP contribution in [0, 0.1) is 5.92 Å². The van der Waals surface area contributed by atoms with E-state index in [2.05, 4.69) is 0 Å². The number of ether oxygens (including phenoxy) is 2. The molecule has 1 aromatic carbocycles. The second-order valence-electron chi connectivity index (χ2n) is 4.71. The smallest absolute Gasteiger partial charge is 0.338 e. The van der Waals surface area contributed by atoms with Crippen LogP contribution in [0.2, 0.25) is 0 Å². The summed E-state index contributed by atoms with van der Waals surface area (Å²) in [6.45, 7) is 0.519. The number of benzene rings is 1. The number of esters is 1. The van der Waals surface area contributed by atoms with E-state index in [9.17, 15) is 4.79 Å². The molecule has 0 saturated heterocycles. The van der Waals surface area contributed by atoms with Crippen LogP contribution in [0.1, 0.15) is 36.0 Å². The predicted molar refractivity (Wildman–Crippen MR) is 69.6 cm³/mol. The number of rotatable bonds is 4. The van der Waals surface area contributed by atoms with E-state index in [4.69, 9.17) is 15.2 Å². The molecule has 0 unspecified atom stereocenters. The minimum absolute atomic E-state index is 0.305. The molecule has 0 aromatic heterocycles. The average Bonchev–Trinajstić information content (AvgIpc) is 2.89. The van der Waals surface area contributed by atoms with Gasteiger partial charge in [-0.1, -0.05) is 12.8 Å². The Morgan fingerprint density at radius 1 is 1.39 bits per heavy atom. The molecule has 0 bridgehead atoms. The number of methoxy groups -OCH3 is 1. The van der Waals surface area contributed by atoms with Crippen LogP contribution in [0.5, 0.6) is 5.75 Å². The second-order valence-corrected chi connectivity index (χ2v) is 4.71. The summed E-state index contributed by atoms with van der Waals surface area (Å²) in [4.78, 5) is 11.9. The lowest BCUT2D eigenvalue weighted by Gasteiger charge is -2.11. The molecule has 1 aliphatic rings. The van der Waals surface area contributed by atoms with Crippen molar-refractivity contribution in [3.63, 3.8) is 0 Å². The molecule has 2 rings (SSSR count). The van der Waals surface area contributed by atoms with Gasteiger partial charge in [0.1, 0.15) is 5.75 Å². The van der Waals surface area contributed by atoms with Crippen LogP contribution in [-0.2, 0) is 4.74 Å². The molecule has 0 spiro atoms. The highest BCUT2D eigenvalue weighted by Gasteiger charge is 2.18. The Kier molecular flexibility index (Phi) is 4.07. The molecule has 1 aromatic rings. The fraction of sp³-hybridized carbons (Fsp3) is 0.500. The molecule has 98 valence electrons. The van der Waals surface area contributed by atoms with Crippen LogP contribution in [0.4, 0.5) is 5.69 Å². The average molecular weight is 249 g/mol. The molecule has 0 aliphatic heterocycles. The van der Waals surface area contributed by atoms with Crippen molar-refractivity contribution in [1.29, 1.82) is 0 Å². The monoisotopic (exact) mass is 249 g/mol. The number of anilines is 1. The lowest BCUT2D eigenvalue weighted by atomic mass is 10.1. The van der Waals surface area contributed by atoms with Gasteiger partial charge in [-0.2, -0.15) is 0 Å². The first-order valence-corrected chi connectivity index (χ1v) is 6.31. The van der Waals surface area contributed by atoms with Gasteiger partial charge < -0.3 is 15.2 Å². The number of carbonyl (C=O) groups excluding carboxylic acids is 1. The molecule has 4 nitrogen and oxygen atoms in total. The second kappa shape index (κ2) is 5.76. The third kappa shape index (κ3) is 2.94.